The molecule has 1 saturated heterocycles. The lowest BCUT2D eigenvalue weighted by atomic mass is 10.1. The van der Waals surface area contributed by atoms with E-state index in [1.54, 1.807) is 36.3 Å². The Morgan fingerprint density at radius 2 is 1.63 bits per heavy atom. The predicted molar refractivity (Wildman–Crippen MR) is 137 cm³/mol. The van der Waals surface area contributed by atoms with E-state index in [4.69, 9.17) is 4.74 Å². The molecule has 1 N–H and O–H groups in total. The molecule has 0 unspecified atom stereocenters. The van der Waals surface area contributed by atoms with Gasteiger partial charge in [-0.25, -0.2) is 12.8 Å². The number of rotatable bonds is 6. The molecule has 0 aliphatic carbocycles. The quantitative estimate of drug-likeness (QED) is 0.524. The van der Waals surface area contributed by atoms with Crippen molar-refractivity contribution < 1.29 is 22.3 Å². The van der Waals surface area contributed by atoms with Crippen LogP contribution in [0, 0.1) is 12.7 Å². The minimum atomic E-state index is -4.01. The first-order valence-electron chi connectivity index (χ1n) is 10.9. The van der Waals surface area contributed by atoms with Gasteiger partial charge in [-0.15, -0.1) is 12.4 Å². The minimum Gasteiger partial charge on any atom is -0.495 e. The fraction of sp³-hybridized carbons (Fsp3) is 0.240. The van der Waals surface area contributed by atoms with Gasteiger partial charge >= 0.3 is 0 Å². The van der Waals surface area contributed by atoms with Gasteiger partial charge in [-0.05, 0) is 55.0 Å². The normalized spacial score (nSPS) is 13.7. The zero-order valence-electron chi connectivity index (χ0n) is 19.4. The van der Waals surface area contributed by atoms with Crippen LogP contribution in [-0.2, 0) is 10.0 Å². The molecule has 10 heteroatoms. The van der Waals surface area contributed by atoms with Crippen LogP contribution in [0.2, 0.25) is 0 Å². The topological polar surface area (TPSA) is 79.0 Å². The van der Waals surface area contributed by atoms with Crippen LogP contribution in [0.3, 0.4) is 0 Å². The van der Waals surface area contributed by atoms with Crippen molar-refractivity contribution in [2.24, 2.45) is 0 Å². The van der Waals surface area contributed by atoms with Crippen LogP contribution >= 0.6 is 12.4 Å². The number of para-hydroxylation sites is 3. The van der Waals surface area contributed by atoms with E-state index in [-0.39, 0.29) is 40.0 Å². The smallest absolute Gasteiger partial charge is 0.262 e. The first-order valence-corrected chi connectivity index (χ1v) is 12.3. The highest BCUT2D eigenvalue weighted by molar-refractivity contribution is 7.92. The number of hydrogen-bond donors (Lipinski definition) is 1. The summed E-state index contributed by atoms with van der Waals surface area (Å²) in [7, 11) is -2.38. The molecule has 0 saturated carbocycles. The lowest BCUT2D eigenvalue weighted by Gasteiger charge is -2.36. The molecule has 0 spiro atoms. The van der Waals surface area contributed by atoms with Gasteiger partial charge in [0.1, 0.15) is 11.6 Å². The summed E-state index contributed by atoms with van der Waals surface area (Å²) in [6, 6.07) is 17.7. The summed E-state index contributed by atoms with van der Waals surface area (Å²) in [4.78, 5) is 17.2. The van der Waals surface area contributed by atoms with Crippen LogP contribution in [0.15, 0.2) is 71.6 Å². The van der Waals surface area contributed by atoms with E-state index in [1.165, 1.54) is 13.0 Å². The van der Waals surface area contributed by atoms with Gasteiger partial charge in [0.25, 0.3) is 15.9 Å². The number of nitrogens with zero attached hydrogens (tertiary/aromatic N) is 2. The fourth-order valence-electron chi connectivity index (χ4n) is 4.08. The van der Waals surface area contributed by atoms with Crippen LogP contribution in [0.4, 0.5) is 15.8 Å². The first kappa shape index (κ1) is 26.3. The van der Waals surface area contributed by atoms with Crippen LogP contribution < -0.4 is 14.4 Å². The maximum Gasteiger partial charge on any atom is 0.262 e. The Labute approximate surface area is 211 Å². The molecule has 4 rings (SSSR count). The van der Waals surface area contributed by atoms with Crippen molar-refractivity contribution in [3.05, 3.63) is 83.7 Å². The third-order valence-electron chi connectivity index (χ3n) is 5.82. The largest absolute Gasteiger partial charge is 0.495 e. The Balaban J connectivity index is 0.00000342. The van der Waals surface area contributed by atoms with Crippen LogP contribution in [-0.4, -0.2) is 52.5 Å². The molecular weight excluding hydrogens is 493 g/mol. The van der Waals surface area contributed by atoms with Crippen molar-refractivity contribution in [3.63, 3.8) is 0 Å². The van der Waals surface area contributed by atoms with Gasteiger partial charge < -0.3 is 14.5 Å². The Morgan fingerprint density at radius 1 is 0.971 bits per heavy atom. The number of hydrogen-bond acceptors (Lipinski definition) is 5. The molecule has 1 fully saturated rings. The van der Waals surface area contributed by atoms with Crippen molar-refractivity contribution in [1.29, 1.82) is 0 Å². The molecule has 35 heavy (non-hydrogen) atoms. The minimum absolute atomic E-state index is 0. The molecular formula is C25H27ClFN3O4S. The van der Waals surface area contributed by atoms with E-state index >= 15 is 0 Å². The zero-order chi connectivity index (χ0) is 24.3. The highest BCUT2D eigenvalue weighted by atomic mass is 35.5. The summed E-state index contributed by atoms with van der Waals surface area (Å²) in [6.45, 7) is 3.73. The van der Waals surface area contributed by atoms with Gasteiger partial charge in [-0.2, -0.15) is 0 Å². The lowest BCUT2D eigenvalue weighted by Crippen LogP contribution is -2.49. The molecule has 0 aromatic heterocycles. The third-order valence-corrected chi connectivity index (χ3v) is 7.35. The van der Waals surface area contributed by atoms with Gasteiger partial charge in [-0.3, -0.25) is 9.52 Å². The zero-order valence-corrected chi connectivity index (χ0v) is 21.0. The second-order valence-corrected chi connectivity index (χ2v) is 9.66. The molecule has 3 aromatic rings. The van der Waals surface area contributed by atoms with E-state index in [0.717, 1.165) is 23.6 Å². The molecule has 0 bridgehead atoms. The van der Waals surface area contributed by atoms with Gasteiger partial charge in [-0.1, -0.05) is 24.3 Å². The second kappa shape index (κ2) is 11.0. The van der Waals surface area contributed by atoms with Gasteiger partial charge in [0.05, 0.1) is 28.9 Å². The highest BCUT2D eigenvalue weighted by Crippen LogP contribution is 2.29. The van der Waals surface area contributed by atoms with Crippen molar-refractivity contribution in [1.82, 2.24) is 4.90 Å². The summed E-state index contributed by atoms with van der Waals surface area (Å²) in [5.41, 5.74) is 1.70. The molecule has 186 valence electrons. The second-order valence-electron chi connectivity index (χ2n) is 8.01. The number of amides is 1. The number of carbonyl (C=O) groups is 1. The number of piperazine rings is 1. The summed E-state index contributed by atoms with van der Waals surface area (Å²) < 4.78 is 47.3. The molecule has 1 amide bonds. The van der Waals surface area contributed by atoms with Crippen molar-refractivity contribution in [2.75, 3.05) is 42.9 Å². The highest BCUT2D eigenvalue weighted by Gasteiger charge is 2.26. The maximum atomic E-state index is 13.4. The number of benzene rings is 3. The van der Waals surface area contributed by atoms with Crippen LogP contribution in [0.1, 0.15) is 15.9 Å². The fourth-order valence-corrected chi connectivity index (χ4v) is 5.39. The number of ether oxygens (including phenoxy) is 1. The van der Waals surface area contributed by atoms with E-state index in [1.807, 2.05) is 24.3 Å². The number of halogens is 2. The monoisotopic (exact) mass is 519 g/mol. The molecule has 1 aliphatic heterocycles. The summed E-state index contributed by atoms with van der Waals surface area (Å²) in [5.74, 6) is 0.00575. The summed E-state index contributed by atoms with van der Waals surface area (Å²) in [5, 5.41) is 0. The van der Waals surface area contributed by atoms with Gasteiger partial charge in [0.15, 0.2) is 0 Å². The lowest BCUT2D eigenvalue weighted by molar-refractivity contribution is 0.0747. The Kier molecular flexibility index (Phi) is 8.24. The Hall–Kier alpha value is -3.30. The Morgan fingerprint density at radius 3 is 2.31 bits per heavy atom. The molecule has 7 nitrogen and oxygen atoms in total. The molecule has 1 aliphatic rings. The SMILES string of the molecule is COc1ccccc1N1CCN(C(=O)c2ccccc2NS(=O)(=O)c2ccc(F)cc2C)CC1.Cl. The number of nitrogens with one attached hydrogen (secondary N) is 1. The standard InChI is InChI=1S/C25H26FN3O4S.ClH/c1-18-17-19(26)11-12-24(18)34(31,32)27-21-8-4-3-7-20(21)25(30)29-15-13-28(14-16-29)22-9-5-6-10-23(22)33-2;/h3-12,17,27H,13-16H2,1-2H3;1H. The third kappa shape index (κ3) is 5.68. The molecule has 0 radical (unpaired) electrons. The molecule has 1 heterocycles. The molecule has 0 atom stereocenters. The van der Waals surface area contributed by atoms with Crippen LogP contribution in [0.5, 0.6) is 5.75 Å². The van der Waals surface area contributed by atoms with E-state index in [2.05, 4.69) is 9.62 Å². The molecule has 3 aromatic carbocycles. The van der Waals surface area contributed by atoms with Gasteiger partial charge in [0.2, 0.25) is 0 Å². The number of methoxy groups -OCH3 is 1. The first-order chi connectivity index (χ1) is 16.3. The van der Waals surface area contributed by atoms with Crippen molar-refractivity contribution >= 4 is 39.7 Å². The van der Waals surface area contributed by atoms with E-state index in [0.29, 0.717) is 26.2 Å². The average Bonchev–Trinajstić information content (AvgIpc) is 2.83. The number of aryl methyl sites for hydroxylation is 1. The van der Waals surface area contributed by atoms with Crippen molar-refractivity contribution in [2.45, 2.75) is 11.8 Å². The number of sulfonamides is 1. The summed E-state index contributed by atoms with van der Waals surface area (Å²) in [6.07, 6.45) is 0. The van der Waals surface area contributed by atoms with E-state index in [9.17, 15) is 17.6 Å². The van der Waals surface area contributed by atoms with Crippen molar-refractivity contribution in [3.8, 4) is 5.75 Å². The Bertz CT molecular complexity index is 1310. The number of carbonyl (C=O) groups excluding carboxylic acids is 1. The van der Waals surface area contributed by atoms with E-state index < -0.39 is 15.8 Å². The maximum absolute atomic E-state index is 13.4. The van der Waals surface area contributed by atoms with Gasteiger partial charge in [0, 0.05) is 26.2 Å². The average molecular weight is 520 g/mol. The van der Waals surface area contributed by atoms with Crippen LogP contribution in [0.25, 0.3) is 0 Å². The number of anilines is 2. The predicted octanol–water partition coefficient (Wildman–Crippen LogP) is 4.33. The summed E-state index contributed by atoms with van der Waals surface area (Å²) >= 11 is 0.